The Morgan fingerprint density at radius 3 is 2.46 bits per heavy atom. The molecular weight excluding hydrogens is 156 g/mol. The molecule has 0 amide bonds. The van der Waals surface area contributed by atoms with Crippen LogP contribution in [0.3, 0.4) is 0 Å². The van der Waals surface area contributed by atoms with Gasteiger partial charge in [0, 0.05) is 0 Å². The summed E-state index contributed by atoms with van der Waals surface area (Å²) in [7, 11) is 0. The monoisotopic (exact) mass is 180 g/mol. The molecule has 0 radical (unpaired) electrons. The lowest BCUT2D eigenvalue weighted by Gasteiger charge is -2.23. The van der Waals surface area contributed by atoms with Gasteiger partial charge in [0.15, 0.2) is 0 Å². The number of hydrogen-bond acceptors (Lipinski definition) is 0. The molecule has 0 spiro atoms. The summed E-state index contributed by atoms with van der Waals surface area (Å²) in [6, 6.07) is 0. The molecule has 0 N–H and O–H groups in total. The van der Waals surface area contributed by atoms with Crippen LogP contribution in [0.5, 0.6) is 0 Å². The Morgan fingerprint density at radius 2 is 2.00 bits per heavy atom. The lowest BCUT2D eigenvalue weighted by molar-refractivity contribution is 0.475. The second kappa shape index (κ2) is 5.47. The summed E-state index contributed by atoms with van der Waals surface area (Å²) in [5, 5.41) is 0. The normalized spacial score (nSPS) is 18.7. The van der Waals surface area contributed by atoms with Gasteiger partial charge >= 0.3 is 0 Å². The highest BCUT2D eigenvalue weighted by molar-refractivity contribution is 5.22. The van der Waals surface area contributed by atoms with Gasteiger partial charge in [-0.25, -0.2) is 0 Å². The number of unbranched alkanes of at least 4 members (excludes halogenated alkanes) is 2. The van der Waals surface area contributed by atoms with Crippen molar-refractivity contribution in [3.05, 3.63) is 11.1 Å². The molecule has 1 rings (SSSR count). The van der Waals surface area contributed by atoms with E-state index in [2.05, 4.69) is 20.8 Å². The van der Waals surface area contributed by atoms with E-state index in [-0.39, 0.29) is 0 Å². The number of allylic oxidation sites excluding steroid dienone is 2. The van der Waals surface area contributed by atoms with Crippen molar-refractivity contribution in [2.75, 3.05) is 0 Å². The zero-order valence-electron chi connectivity index (χ0n) is 9.53. The highest BCUT2D eigenvalue weighted by Crippen LogP contribution is 2.33. The van der Waals surface area contributed by atoms with E-state index in [1.165, 1.54) is 44.9 Å². The van der Waals surface area contributed by atoms with E-state index >= 15 is 0 Å². The van der Waals surface area contributed by atoms with Gasteiger partial charge in [-0.05, 0) is 32.1 Å². The average Bonchev–Trinajstić information content (AvgIpc) is 2.12. The van der Waals surface area contributed by atoms with Crippen LogP contribution in [-0.2, 0) is 0 Å². The summed E-state index contributed by atoms with van der Waals surface area (Å²) in [5.41, 5.74) is 3.45. The van der Waals surface area contributed by atoms with E-state index in [9.17, 15) is 0 Å². The molecule has 76 valence electrons. The summed E-state index contributed by atoms with van der Waals surface area (Å²) >= 11 is 0. The SMILES string of the molecule is CCCCCC(C)CC1=C(C)CC1. The first kappa shape index (κ1) is 10.8. The van der Waals surface area contributed by atoms with Crippen LogP contribution >= 0.6 is 0 Å². The Kier molecular flexibility index (Phi) is 4.55. The van der Waals surface area contributed by atoms with Gasteiger partial charge in [-0.15, -0.1) is 0 Å². The van der Waals surface area contributed by atoms with Crippen LogP contribution in [-0.4, -0.2) is 0 Å². The molecule has 1 unspecified atom stereocenters. The molecule has 0 fully saturated rings. The summed E-state index contributed by atoms with van der Waals surface area (Å²) in [6.45, 7) is 7.00. The van der Waals surface area contributed by atoms with Gasteiger partial charge in [0.2, 0.25) is 0 Å². The molecule has 0 nitrogen and oxygen atoms in total. The summed E-state index contributed by atoms with van der Waals surface area (Å²) in [4.78, 5) is 0. The Labute approximate surface area is 83.4 Å². The Bertz CT molecular complexity index is 176. The van der Waals surface area contributed by atoms with Crippen molar-refractivity contribution in [3.63, 3.8) is 0 Å². The van der Waals surface area contributed by atoms with Crippen molar-refractivity contribution in [1.29, 1.82) is 0 Å². The molecule has 0 saturated heterocycles. The molecule has 0 aromatic rings. The van der Waals surface area contributed by atoms with Crippen molar-refractivity contribution >= 4 is 0 Å². The molecule has 0 heteroatoms. The van der Waals surface area contributed by atoms with Gasteiger partial charge < -0.3 is 0 Å². The van der Waals surface area contributed by atoms with Gasteiger partial charge in [-0.1, -0.05) is 50.7 Å². The maximum atomic E-state index is 2.41. The topological polar surface area (TPSA) is 0 Å². The Hall–Kier alpha value is -0.260. The van der Waals surface area contributed by atoms with E-state index in [1.54, 1.807) is 11.1 Å². The fourth-order valence-corrected chi connectivity index (χ4v) is 2.09. The van der Waals surface area contributed by atoms with Crippen molar-refractivity contribution in [2.45, 2.75) is 65.7 Å². The van der Waals surface area contributed by atoms with Crippen LogP contribution in [0, 0.1) is 5.92 Å². The zero-order chi connectivity index (χ0) is 9.68. The maximum absolute atomic E-state index is 2.41. The molecule has 1 aliphatic carbocycles. The smallest absolute Gasteiger partial charge is 0.0280 e. The van der Waals surface area contributed by atoms with Crippen molar-refractivity contribution < 1.29 is 0 Å². The first-order chi connectivity index (χ1) is 6.24. The third-order valence-corrected chi connectivity index (χ3v) is 3.30. The summed E-state index contributed by atoms with van der Waals surface area (Å²) < 4.78 is 0. The minimum atomic E-state index is 0.928. The second-order valence-corrected chi connectivity index (χ2v) is 4.69. The van der Waals surface area contributed by atoms with E-state index in [1.807, 2.05) is 0 Å². The molecule has 0 aliphatic heterocycles. The predicted octanol–water partition coefficient (Wildman–Crippen LogP) is 4.70. The third-order valence-electron chi connectivity index (χ3n) is 3.30. The standard InChI is InChI=1S/C13H24/c1-4-5-6-7-11(2)10-13-9-8-12(13)3/h11H,4-10H2,1-3H3. The lowest BCUT2D eigenvalue weighted by Crippen LogP contribution is -2.06. The lowest BCUT2D eigenvalue weighted by atomic mass is 9.82. The first-order valence-electron chi connectivity index (χ1n) is 5.91. The highest BCUT2D eigenvalue weighted by atomic mass is 14.2. The zero-order valence-corrected chi connectivity index (χ0v) is 9.53. The first-order valence-corrected chi connectivity index (χ1v) is 5.91. The van der Waals surface area contributed by atoms with Crippen molar-refractivity contribution in [3.8, 4) is 0 Å². The van der Waals surface area contributed by atoms with E-state index in [4.69, 9.17) is 0 Å². The molecule has 0 heterocycles. The Morgan fingerprint density at radius 1 is 1.23 bits per heavy atom. The van der Waals surface area contributed by atoms with Crippen LogP contribution in [0.1, 0.15) is 65.7 Å². The van der Waals surface area contributed by atoms with Gasteiger partial charge in [0.25, 0.3) is 0 Å². The molecule has 1 aliphatic rings. The quantitative estimate of drug-likeness (QED) is 0.410. The van der Waals surface area contributed by atoms with Crippen LogP contribution in [0.4, 0.5) is 0 Å². The van der Waals surface area contributed by atoms with Crippen LogP contribution < -0.4 is 0 Å². The average molecular weight is 180 g/mol. The maximum Gasteiger partial charge on any atom is -0.0280 e. The summed E-state index contributed by atoms with van der Waals surface area (Å²) in [5.74, 6) is 0.928. The minimum Gasteiger partial charge on any atom is -0.0738 e. The van der Waals surface area contributed by atoms with Crippen LogP contribution in [0.25, 0.3) is 0 Å². The number of hydrogen-bond donors (Lipinski definition) is 0. The highest BCUT2D eigenvalue weighted by Gasteiger charge is 2.15. The fraction of sp³-hybridized carbons (Fsp3) is 0.846. The van der Waals surface area contributed by atoms with Gasteiger partial charge in [0.1, 0.15) is 0 Å². The fourth-order valence-electron chi connectivity index (χ4n) is 2.09. The van der Waals surface area contributed by atoms with Crippen LogP contribution in [0.2, 0.25) is 0 Å². The Balaban J connectivity index is 2.11. The molecule has 0 bridgehead atoms. The molecule has 13 heavy (non-hydrogen) atoms. The molecular formula is C13H24. The predicted molar refractivity (Wildman–Crippen MR) is 59.9 cm³/mol. The number of rotatable bonds is 6. The molecule has 1 atom stereocenters. The van der Waals surface area contributed by atoms with Crippen molar-refractivity contribution in [2.24, 2.45) is 5.92 Å². The van der Waals surface area contributed by atoms with E-state index in [0.717, 1.165) is 5.92 Å². The largest absolute Gasteiger partial charge is 0.0738 e. The second-order valence-electron chi connectivity index (χ2n) is 4.69. The van der Waals surface area contributed by atoms with Gasteiger partial charge in [-0.2, -0.15) is 0 Å². The molecule has 0 aromatic heterocycles. The molecule has 0 aromatic carbocycles. The molecule has 0 saturated carbocycles. The van der Waals surface area contributed by atoms with E-state index in [0.29, 0.717) is 0 Å². The minimum absolute atomic E-state index is 0.928. The van der Waals surface area contributed by atoms with Crippen molar-refractivity contribution in [1.82, 2.24) is 0 Å². The van der Waals surface area contributed by atoms with Crippen LogP contribution in [0.15, 0.2) is 11.1 Å². The third kappa shape index (κ3) is 3.54. The van der Waals surface area contributed by atoms with Gasteiger partial charge in [-0.3, -0.25) is 0 Å². The van der Waals surface area contributed by atoms with Gasteiger partial charge in [0.05, 0.1) is 0 Å². The van der Waals surface area contributed by atoms with E-state index < -0.39 is 0 Å². The summed E-state index contributed by atoms with van der Waals surface area (Å²) in [6.07, 6.45) is 9.79.